The highest BCUT2D eigenvalue weighted by atomic mass is 32.2. The molecular weight excluding hydrogens is 258 g/mol. The lowest BCUT2D eigenvalue weighted by Gasteiger charge is -2.37. The molecule has 0 bridgehead atoms. The number of nitrogens with two attached hydrogens (primary N) is 1. The lowest BCUT2D eigenvalue weighted by atomic mass is 10.2. The quantitative estimate of drug-likeness (QED) is 0.861. The zero-order chi connectivity index (χ0) is 12.6. The molecule has 2 rings (SSSR count). The number of hydrogen-bond donors (Lipinski definition) is 1. The normalized spacial score (nSPS) is 29.3. The molecule has 2 unspecified atom stereocenters. The maximum absolute atomic E-state index is 11.7. The van der Waals surface area contributed by atoms with E-state index in [9.17, 15) is 8.42 Å². The topological polar surface area (TPSA) is 76.3 Å². The molecule has 0 radical (unpaired) electrons. The molecule has 2 heterocycles. The van der Waals surface area contributed by atoms with Gasteiger partial charge in [-0.25, -0.2) is 13.4 Å². The largest absolute Gasteiger partial charge is 0.375 e. The molecular formula is C10H17N3O2S2. The van der Waals surface area contributed by atoms with Crippen molar-refractivity contribution < 1.29 is 8.42 Å². The van der Waals surface area contributed by atoms with Crippen molar-refractivity contribution in [2.24, 2.45) is 0 Å². The molecule has 2 N–H and O–H groups in total. The second-order valence-corrected chi connectivity index (χ2v) is 8.07. The maximum atomic E-state index is 11.7. The van der Waals surface area contributed by atoms with E-state index in [1.807, 2.05) is 6.92 Å². The number of nitrogens with zero attached hydrogens (tertiary/aromatic N) is 2. The van der Waals surface area contributed by atoms with E-state index < -0.39 is 9.84 Å². The second kappa shape index (κ2) is 4.55. The molecule has 96 valence electrons. The summed E-state index contributed by atoms with van der Waals surface area (Å²) >= 11 is 1.46. The molecule has 0 spiro atoms. The average Bonchev–Trinajstić information content (AvgIpc) is 2.66. The first-order valence-electron chi connectivity index (χ1n) is 5.56. The Labute approximate surface area is 106 Å². The molecule has 0 aliphatic carbocycles. The van der Waals surface area contributed by atoms with Gasteiger partial charge in [0.2, 0.25) is 0 Å². The van der Waals surface area contributed by atoms with Crippen LogP contribution in [-0.2, 0) is 16.4 Å². The van der Waals surface area contributed by atoms with Crippen LogP contribution in [0.5, 0.6) is 0 Å². The summed E-state index contributed by atoms with van der Waals surface area (Å²) in [5.74, 6) is 0.243. The van der Waals surface area contributed by atoms with E-state index in [0.717, 1.165) is 11.4 Å². The summed E-state index contributed by atoms with van der Waals surface area (Å²) in [4.78, 5) is 7.27. The van der Waals surface area contributed by atoms with E-state index >= 15 is 0 Å². The van der Waals surface area contributed by atoms with Crippen LogP contribution in [0, 0.1) is 0 Å². The van der Waals surface area contributed by atoms with Crippen molar-refractivity contribution in [1.29, 1.82) is 0 Å². The molecule has 17 heavy (non-hydrogen) atoms. The van der Waals surface area contributed by atoms with Gasteiger partial charge in [-0.2, -0.15) is 0 Å². The Kier molecular flexibility index (Phi) is 3.42. The fraction of sp³-hybridized carbons (Fsp3) is 0.700. The highest BCUT2D eigenvalue weighted by molar-refractivity contribution is 7.92. The van der Waals surface area contributed by atoms with Crippen molar-refractivity contribution in [2.45, 2.75) is 31.7 Å². The van der Waals surface area contributed by atoms with Gasteiger partial charge in [0.05, 0.1) is 11.0 Å². The van der Waals surface area contributed by atoms with E-state index in [1.54, 1.807) is 13.1 Å². The van der Waals surface area contributed by atoms with Gasteiger partial charge in [-0.05, 0) is 13.8 Å². The molecule has 1 fully saturated rings. The van der Waals surface area contributed by atoms with Crippen molar-refractivity contribution in [1.82, 2.24) is 9.88 Å². The summed E-state index contributed by atoms with van der Waals surface area (Å²) in [5.41, 5.74) is 5.58. The minimum absolute atomic E-state index is 0.0390. The Morgan fingerprint density at radius 3 is 2.88 bits per heavy atom. The third kappa shape index (κ3) is 2.61. The van der Waals surface area contributed by atoms with Crippen molar-refractivity contribution in [3.8, 4) is 0 Å². The molecule has 1 saturated heterocycles. The maximum Gasteiger partial charge on any atom is 0.180 e. The van der Waals surface area contributed by atoms with Crippen LogP contribution in [0.15, 0.2) is 6.20 Å². The molecule has 1 aliphatic rings. The standard InChI is InChI=1S/C10H17N3O2S2/c1-7-8(2)17(14,15)4-3-13(7)6-9-5-12-10(11)16-9/h5,7-8H,3-4,6H2,1-2H3,(H2,11,12). The van der Waals surface area contributed by atoms with Gasteiger partial charge >= 0.3 is 0 Å². The summed E-state index contributed by atoms with van der Waals surface area (Å²) in [6, 6.07) is 0.0390. The molecule has 5 nitrogen and oxygen atoms in total. The van der Waals surface area contributed by atoms with Gasteiger partial charge in [0.25, 0.3) is 0 Å². The first-order valence-corrected chi connectivity index (χ1v) is 8.09. The SMILES string of the molecule is CC1C(C)S(=O)(=O)CCN1Cc1cnc(N)s1. The average molecular weight is 275 g/mol. The highest BCUT2D eigenvalue weighted by Crippen LogP contribution is 2.23. The van der Waals surface area contributed by atoms with Gasteiger partial charge in [0.15, 0.2) is 15.0 Å². The summed E-state index contributed by atoms with van der Waals surface area (Å²) < 4.78 is 23.5. The summed E-state index contributed by atoms with van der Waals surface area (Å²) in [6.07, 6.45) is 1.76. The molecule has 1 aromatic heterocycles. The van der Waals surface area contributed by atoms with Crippen LogP contribution in [-0.4, -0.2) is 41.9 Å². The lowest BCUT2D eigenvalue weighted by Crippen LogP contribution is -2.51. The van der Waals surface area contributed by atoms with E-state index in [2.05, 4.69) is 9.88 Å². The fourth-order valence-corrected chi connectivity index (χ4v) is 4.39. The number of hydrogen-bond acceptors (Lipinski definition) is 6. The van der Waals surface area contributed by atoms with Gasteiger partial charge in [-0.15, -0.1) is 11.3 Å². The van der Waals surface area contributed by atoms with Gasteiger partial charge in [-0.1, -0.05) is 0 Å². The molecule has 0 saturated carbocycles. The Morgan fingerprint density at radius 1 is 1.59 bits per heavy atom. The van der Waals surface area contributed by atoms with Crippen LogP contribution in [0.25, 0.3) is 0 Å². The number of nitrogen functional groups attached to an aromatic ring is 1. The van der Waals surface area contributed by atoms with Crippen molar-refractivity contribution in [3.63, 3.8) is 0 Å². The number of aromatic nitrogens is 1. The summed E-state index contributed by atoms with van der Waals surface area (Å²) in [6.45, 7) is 5.07. The van der Waals surface area contributed by atoms with Crippen LogP contribution in [0.3, 0.4) is 0 Å². The second-order valence-electron chi connectivity index (χ2n) is 4.45. The Bertz CT molecular complexity index is 497. The monoisotopic (exact) mass is 275 g/mol. The molecule has 1 aromatic rings. The van der Waals surface area contributed by atoms with Crippen LogP contribution in [0.2, 0.25) is 0 Å². The van der Waals surface area contributed by atoms with Crippen LogP contribution >= 0.6 is 11.3 Å². The number of rotatable bonds is 2. The molecule has 7 heteroatoms. The van der Waals surface area contributed by atoms with Gasteiger partial charge < -0.3 is 5.73 Å². The molecule has 0 amide bonds. The fourth-order valence-electron chi connectivity index (χ4n) is 2.05. The van der Waals surface area contributed by atoms with E-state index in [-0.39, 0.29) is 17.0 Å². The predicted molar refractivity (Wildman–Crippen MR) is 69.6 cm³/mol. The number of sulfone groups is 1. The highest BCUT2D eigenvalue weighted by Gasteiger charge is 2.35. The van der Waals surface area contributed by atoms with Crippen LogP contribution in [0.1, 0.15) is 18.7 Å². The van der Waals surface area contributed by atoms with Crippen LogP contribution < -0.4 is 5.73 Å². The van der Waals surface area contributed by atoms with Gasteiger partial charge in [-0.3, -0.25) is 4.90 Å². The first kappa shape index (κ1) is 12.8. The van der Waals surface area contributed by atoms with Crippen molar-refractivity contribution in [3.05, 3.63) is 11.1 Å². The molecule has 2 atom stereocenters. The Balaban J connectivity index is 2.09. The predicted octanol–water partition coefficient (Wildman–Crippen LogP) is 0.733. The Hall–Kier alpha value is -0.660. The van der Waals surface area contributed by atoms with E-state index in [1.165, 1.54) is 11.3 Å². The van der Waals surface area contributed by atoms with Crippen molar-refractivity contribution >= 4 is 26.3 Å². The zero-order valence-corrected chi connectivity index (χ0v) is 11.6. The van der Waals surface area contributed by atoms with Gasteiger partial charge in [0.1, 0.15) is 0 Å². The molecule has 0 aromatic carbocycles. The third-order valence-electron chi connectivity index (χ3n) is 3.42. The molecule has 1 aliphatic heterocycles. The minimum atomic E-state index is -2.91. The lowest BCUT2D eigenvalue weighted by molar-refractivity contribution is 0.199. The van der Waals surface area contributed by atoms with Crippen LogP contribution in [0.4, 0.5) is 5.13 Å². The smallest absolute Gasteiger partial charge is 0.180 e. The first-order chi connectivity index (χ1) is 7.90. The number of anilines is 1. The zero-order valence-electron chi connectivity index (χ0n) is 9.96. The Morgan fingerprint density at radius 2 is 2.29 bits per heavy atom. The van der Waals surface area contributed by atoms with E-state index in [0.29, 0.717) is 11.7 Å². The third-order valence-corrected chi connectivity index (χ3v) is 6.50. The summed E-state index contributed by atoms with van der Waals surface area (Å²) in [7, 11) is -2.91. The van der Waals surface area contributed by atoms with Crippen molar-refractivity contribution in [2.75, 3.05) is 18.0 Å². The minimum Gasteiger partial charge on any atom is -0.375 e. The van der Waals surface area contributed by atoms with Gasteiger partial charge in [0, 0.05) is 30.2 Å². The van der Waals surface area contributed by atoms with E-state index in [4.69, 9.17) is 5.73 Å². The summed E-state index contributed by atoms with van der Waals surface area (Å²) in [5, 5.41) is 0.256. The number of thiazole rings is 1.